The van der Waals surface area contributed by atoms with Crippen molar-refractivity contribution >= 4 is 12.0 Å². The number of ether oxygens (including phenoxy) is 3. The number of carbonyl (C=O) groups is 1. The van der Waals surface area contributed by atoms with E-state index in [1.807, 2.05) is 0 Å². The van der Waals surface area contributed by atoms with Gasteiger partial charge in [0.05, 0.1) is 13.2 Å². The van der Waals surface area contributed by atoms with Crippen LogP contribution in [-0.2, 0) is 14.3 Å². The molecule has 0 bridgehead atoms. The maximum atomic E-state index is 11.8. The number of rotatable bonds is 4. The predicted octanol–water partition coefficient (Wildman–Crippen LogP) is 0.0791. The molecular formula is C16H20O7. The molecule has 1 heterocycles. The van der Waals surface area contributed by atoms with E-state index in [-0.39, 0.29) is 0 Å². The number of hydrogen-bond acceptors (Lipinski definition) is 7. The van der Waals surface area contributed by atoms with E-state index in [2.05, 4.69) is 0 Å². The highest BCUT2D eigenvalue weighted by Gasteiger charge is 2.44. The van der Waals surface area contributed by atoms with Crippen molar-refractivity contribution in [3.8, 4) is 5.75 Å². The Labute approximate surface area is 133 Å². The molecule has 1 aliphatic rings. The highest BCUT2D eigenvalue weighted by atomic mass is 16.7. The quantitative estimate of drug-likeness (QED) is 0.532. The van der Waals surface area contributed by atoms with Crippen molar-refractivity contribution in [3.63, 3.8) is 0 Å². The molecule has 23 heavy (non-hydrogen) atoms. The Morgan fingerprint density at radius 3 is 2.43 bits per heavy atom. The van der Waals surface area contributed by atoms with Gasteiger partial charge in [-0.05, 0) is 30.7 Å². The Balaban J connectivity index is 1.96. The van der Waals surface area contributed by atoms with Crippen molar-refractivity contribution in [2.75, 3.05) is 7.11 Å². The fraction of sp³-hybridized carbons (Fsp3) is 0.438. The molecule has 1 aromatic carbocycles. The summed E-state index contributed by atoms with van der Waals surface area (Å²) in [4.78, 5) is 11.8. The molecule has 0 saturated carbocycles. The first-order valence-corrected chi connectivity index (χ1v) is 7.15. The Morgan fingerprint density at radius 2 is 1.83 bits per heavy atom. The summed E-state index contributed by atoms with van der Waals surface area (Å²) >= 11 is 0. The summed E-state index contributed by atoms with van der Waals surface area (Å²) in [5.41, 5.74) is 0.748. The van der Waals surface area contributed by atoms with Crippen LogP contribution in [0, 0.1) is 0 Å². The smallest absolute Gasteiger partial charge is 0.331 e. The monoisotopic (exact) mass is 324 g/mol. The summed E-state index contributed by atoms with van der Waals surface area (Å²) < 4.78 is 15.0. The van der Waals surface area contributed by atoms with E-state index < -0.39 is 36.7 Å². The van der Waals surface area contributed by atoms with Crippen molar-refractivity contribution in [2.45, 2.75) is 37.6 Å². The summed E-state index contributed by atoms with van der Waals surface area (Å²) in [7, 11) is 1.56. The Morgan fingerprint density at radius 1 is 1.17 bits per heavy atom. The first-order valence-electron chi connectivity index (χ1n) is 7.15. The van der Waals surface area contributed by atoms with E-state index in [9.17, 15) is 20.1 Å². The molecule has 0 aromatic heterocycles. The van der Waals surface area contributed by atoms with E-state index in [0.717, 1.165) is 11.6 Å². The second-order valence-electron chi connectivity index (χ2n) is 5.22. The van der Waals surface area contributed by atoms with E-state index in [4.69, 9.17) is 14.2 Å². The van der Waals surface area contributed by atoms with Gasteiger partial charge >= 0.3 is 5.97 Å². The second kappa shape index (κ2) is 7.56. The normalized spacial score (nSPS) is 31.1. The summed E-state index contributed by atoms with van der Waals surface area (Å²) in [5.74, 6) is -0.0762. The van der Waals surface area contributed by atoms with Crippen molar-refractivity contribution in [2.24, 2.45) is 0 Å². The van der Waals surface area contributed by atoms with Gasteiger partial charge in [-0.2, -0.15) is 0 Å². The first kappa shape index (κ1) is 17.4. The largest absolute Gasteiger partial charge is 0.497 e. The number of aliphatic hydroxyl groups excluding tert-OH is 3. The fourth-order valence-electron chi connectivity index (χ4n) is 2.20. The summed E-state index contributed by atoms with van der Waals surface area (Å²) in [6, 6.07) is 6.99. The lowest BCUT2D eigenvalue weighted by Gasteiger charge is -2.38. The maximum Gasteiger partial charge on any atom is 0.331 e. The van der Waals surface area contributed by atoms with Crippen LogP contribution in [0.4, 0.5) is 0 Å². The highest BCUT2D eigenvalue weighted by Crippen LogP contribution is 2.22. The number of aliphatic hydroxyl groups is 3. The topological polar surface area (TPSA) is 105 Å². The van der Waals surface area contributed by atoms with Gasteiger partial charge in [-0.1, -0.05) is 12.1 Å². The van der Waals surface area contributed by atoms with Crippen LogP contribution in [0.5, 0.6) is 5.75 Å². The molecule has 1 aromatic rings. The van der Waals surface area contributed by atoms with Gasteiger partial charge < -0.3 is 29.5 Å². The van der Waals surface area contributed by atoms with Crippen LogP contribution in [0.1, 0.15) is 12.5 Å². The Kier molecular flexibility index (Phi) is 5.73. The molecule has 0 aliphatic carbocycles. The Hall–Kier alpha value is -1.93. The molecule has 5 atom stereocenters. The molecule has 1 saturated heterocycles. The van der Waals surface area contributed by atoms with Gasteiger partial charge in [0.25, 0.3) is 0 Å². The molecule has 1 fully saturated rings. The Bertz CT molecular complexity index is 554. The molecule has 0 amide bonds. The standard InChI is InChI=1S/C16H20O7/c1-9-13(18)14(19)15(16(20)22-9)23-12(17)8-5-10-3-6-11(21-2)7-4-10/h3-9,13-16,18-20H,1-2H3/b8-5+/t9-,13-,14+,15+,16?/m0/s1. The third kappa shape index (κ3) is 4.29. The lowest BCUT2D eigenvalue weighted by atomic mass is 10.00. The molecule has 2 rings (SSSR count). The minimum Gasteiger partial charge on any atom is -0.497 e. The zero-order valence-electron chi connectivity index (χ0n) is 12.8. The molecule has 7 heteroatoms. The summed E-state index contributed by atoms with van der Waals surface area (Å²) in [5, 5.41) is 29.3. The first-order chi connectivity index (χ1) is 10.9. The third-order valence-electron chi connectivity index (χ3n) is 3.58. The van der Waals surface area contributed by atoms with Gasteiger partial charge in [-0.3, -0.25) is 0 Å². The minimum atomic E-state index is -1.50. The van der Waals surface area contributed by atoms with Crippen LogP contribution in [0.2, 0.25) is 0 Å². The molecule has 1 unspecified atom stereocenters. The van der Waals surface area contributed by atoms with Gasteiger partial charge in [-0.15, -0.1) is 0 Å². The zero-order chi connectivity index (χ0) is 17.0. The summed E-state index contributed by atoms with van der Waals surface area (Å²) in [6.07, 6.45) is -3.61. The molecule has 1 aliphatic heterocycles. The third-order valence-corrected chi connectivity index (χ3v) is 3.58. The van der Waals surface area contributed by atoms with Crippen LogP contribution in [-0.4, -0.2) is 59.1 Å². The summed E-state index contributed by atoms with van der Waals surface area (Å²) in [6.45, 7) is 1.50. The van der Waals surface area contributed by atoms with E-state index >= 15 is 0 Å². The molecule has 3 N–H and O–H groups in total. The average Bonchev–Trinajstić information content (AvgIpc) is 2.55. The van der Waals surface area contributed by atoms with Crippen molar-refractivity contribution in [1.29, 1.82) is 0 Å². The SMILES string of the molecule is COc1ccc(/C=C/C(=O)O[C@H]2C(O)O[C@@H](C)[C@H](O)[C@H]2O)cc1. The number of benzene rings is 1. The molecule has 126 valence electrons. The van der Waals surface area contributed by atoms with Gasteiger partial charge in [0.1, 0.15) is 18.0 Å². The van der Waals surface area contributed by atoms with E-state index in [0.29, 0.717) is 5.75 Å². The van der Waals surface area contributed by atoms with Gasteiger partial charge in [0.15, 0.2) is 12.4 Å². The van der Waals surface area contributed by atoms with Crippen LogP contribution in [0.15, 0.2) is 30.3 Å². The highest BCUT2D eigenvalue weighted by molar-refractivity contribution is 5.87. The van der Waals surface area contributed by atoms with Crippen LogP contribution < -0.4 is 4.74 Å². The fourth-order valence-corrected chi connectivity index (χ4v) is 2.20. The number of carbonyl (C=O) groups excluding carboxylic acids is 1. The number of hydrogen-bond donors (Lipinski definition) is 3. The molecule has 0 spiro atoms. The van der Waals surface area contributed by atoms with Crippen LogP contribution in [0.3, 0.4) is 0 Å². The molecule has 0 radical (unpaired) electrons. The number of methoxy groups -OCH3 is 1. The lowest BCUT2D eigenvalue weighted by Crippen LogP contribution is -2.57. The second-order valence-corrected chi connectivity index (χ2v) is 5.22. The zero-order valence-corrected chi connectivity index (χ0v) is 12.8. The van der Waals surface area contributed by atoms with Crippen molar-refractivity contribution < 1.29 is 34.3 Å². The van der Waals surface area contributed by atoms with Crippen LogP contribution in [0.25, 0.3) is 6.08 Å². The molecule has 7 nitrogen and oxygen atoms in total. The van der Waals surface area contributed by atoms with E-state index in [1.165, 1.54) is 13.0 Å². The lowest BCUT2D eigenvalue weighted by molar-refractivity contribution is -0.281. The van der Waals surface area contributed by atoms with Gasteiger partial charge in [0.2, 0.25) is 0 Å². The average molecular weight is 324 g/mol. The van der Waals surface area contributed by atoms with E-state index in [1.54, 1.807) is 31.4 Å². The maximum absolute atomic E-state index is 11.8. The van der Waals surface area contributed by atoms with Gasteiger partial charge in [-0.25, -0.2) is 4.79 Å². The van der Waals surface area contributed by atoms with Crippen molar-refractivity contribution in [3.05, 3.63) is 35.9 Å². The predicted molar refractivity (Wildman–Crippen MR) is 80.5 cm³/mol. The van der Waals surface area contributed by atoms with Gasteiger partial charge in [0, 0.05) is 6.08 Å². The minimum absolute atomic E-state index is 0.693. The number of esters is 1. The van der Waals surface area contributed by atoms with Crippen LogP contribution >= 0.6 is 0 Å². The molecular weight excluding hydrogens is 304 g/mol. The van der Waals surface area contributed by atoms with Crippen molar-refractivity contribution in [1.82, 2.24) is 0 Å².